The Morgan fingerprint density at radius 1 is 1.56 bits per heavy atom. The summed E-state index contributed by atoms with van der Waals surface area (Å²) in [5.74, 6) is -1.03. The highest BCUT2D eigenvalue weighted by Gasteiger charge is 2.48. The summed E-state index contributed by atoms with van der Waals surface area (Å²) in [6.45, 7) is -0.0921. The molecule has 1 amide bonds. The van der Waals surface area contributed by atoms with Crippen LogP contribution in [0.2, 0.25) is 0 Å². The van der Waals surface area contributed by atoms with Crippen LogP contribution in [-0.2, 0) is 10.3 Å². The summed E-state index contributed by atoms with van der Waals surface area (Å²) in [6, 6.07) is 5.91. The molecular formula is C12H14FNO4. The van der Waals surface area contributed by atoms with Crippen molar-refractivity contribution < 1.29 is 24.1 Å². The minimum Gasteiger partial charge on any atom is -0.465 e. The summed E-state index contributed by atoms with van der Waals surface area (Å²) in [4.78, 5) is 10.9. The number of hydrogen-bond donors (Lipinski definition) is 3. The Morgan fingerprint density at radius 3 is 2.89 bits per heavy atom. The zero-order chi connectivity index (χ0) is 13.2. The molecule has 0 aromatic heterocycles. The SMILES string of the molecule is O=C(O)N[C@@]1(c2ccccc2F)COC[C@H]1CO. The molecule has 1 fully saturated rings. The van der Waals surface area contributed by atoms with Crippen LogP contribution >= 0.6 is 0 Å². The van der Waals surface area contributed by atoms with Crippen molar-refractivity contribution >= 4 is 6.09 Å². The maximum atomic E-state index is 13.9. The van der Waals surface area contributed by atoms with Crippen molar-refractivity contribution in [3.63, 3.8) is 0 Å². The van der Waals surface area contributed by atoms with Crippen LogP contribution in [0.15, 0.2) is 24.3 Å². The third-order valence-electron chi connectivity index (χ3n) is 3.25. The van der Waals surface area contributed by atoms with Crippen LogP contribution in [0.4, 0.5) is 9.18 Å². The van der Waals surface area contributed by atoms with Gasteiger partial charge in [0.2, 0.25) is 0 Å². The van der Waals surface area contributed by atoms with Gasteiger partial charge in [0.25, 0.3) is 0 Å². The first kappa shape index (κ1) is 12.8. The fraction of sp³-hybridized carbons (Fsp3) is 0.417. The smallest absolute Gasteiger partial charge is 0.405 e. The van der Waals surface area contributed by atoms with Gasteiger partial charge in [0.1, 0.15) is 11.4 Å². The quantitative estimate of drug-likeness (QED) is 0.750. The molecule has 1 aliphatic heterocycles. The van der Waals surface area contributed by atoms with E-state index in [1.165, 1.54) is 18.2 Å². The lowest BCUT2D eigenvalue weighted by molar-refractivity contribution is 0.137. The van der Waals surface area contributed by atoms with Crippen LogP contribution < -0.4 is 5.32 Å². The average molecular weight is 255 g/mol. The van der Waals surface area contributed by atoms with Crippen molar-refractivity contribution in [1.82, 2.24) is 5.32 Å². The Morgan fingerprint density at radius 2 is 2.28 bits per heavy atom. The van der Waals surface area contributed by atoms with Gasteiger partial charge in [-0.3, -0.25) is 0 Å². The number of halogens is 1. The largest absolute Gasteiger partial charge is 0.465 e. The molecule has 0 bridgehead atoms. The third-order valence-corrected chi connectivity index (χ3v) is 3.25. The first-order valence-corrected chi connectivity index (χ1v) is 5.55. The monoisotopic (exact) mass is 255 g/mol. The number of rotatable bonds is 3. The number of aliphatic hydroxyl groups is 1. The van der Waals surface area contributed by atoms with Crippen molar-refractivity contribution in [2.24, 2.45) is 5.92 Å². The van der Waals surface area contributed by atoms with Gasteiger partial charge >= 0.3 is 6.09 Å². The zero-order valence-corrected chi connectivity index (χ0v) is 9.60. The Labute approximate surface area is 103 Å². The third kappa shape index (κ3) is 2.04. The highest BCUT2D eigenvalue weighted by Crippen LogP contribution is 2.36. The number of amides is 1. The normalized spacial score (nSPS) is 27.1. The van der Waals surface area contributed by atoms with E-state index in [-0.39, 0.29) is 25.4 Å². The topological polar surface area (TPSA) is 78.8 Å². The van der Waals surface area contributed by atoms with E-state index in [0.29, 0.717) is 0 Å². The van der Waals surface area contributed by atoms with Gasteiger partial charge in [-0.15, -0.1) is 0 Å². The Balaban J connectivity index is 2.48. The van der Waals surface area contributed by atoms with E-state index in [4.69, 9.17) is 9.84 Å². The molecule has 0 radical (unpaired) electrons. The van der Waals surface area contributed by atoms with Crippen LogP contribution in [0, 0.1) is 11.7 Å². The van der Waals surface area contributed by atoms with Gasteiger partial charge in [-0.1, -0.05) is 18.2 Å². The molecule has 98 valence electrons. The maximum absolute atomic E-state index is 13.9. The van der Waals surface area contributed by atoms with Crippen LogP contribution in [0.25, 0.3) is 0 Å². The minimum atomic E-state index is -1.28. The first-order chi connectivity index (χ1) is 8.60. The molecule has 0 aliphatic carbocycles. The summed E-state index contributed by atoms with van der Waals surface area (Å²) in [5, 5.41) is 20.6. The maximum Gasteiger partial charge on any atom is 0.405 e. The van der Waals surface area contributed by atoms with E-state index in [0.717, 1.165) is 0 Å². The number of ether oxygens (including phenoxy) is 1. The Bertz CT molecular complexity index is 453. The van der Waals surface area contributed by atoms with E-state index in [1.54, 1.807) is 6.07 Å². The molecule has 1 aliphatic rings. The average Bonchev–Trinajstić information content (AvgIpc) is 2.72. The van der Waals surface area contributed by atoms with Crippen LogP contribution in [0.1, 0.15) is 5.56 Å². The molecule has 6 heteroatoms. The lowest BCUT2D eigenvalue weighted by Gasteiger charge is -2.33. The van der Waals surface area contributed by atoms with Crippen molar-refractivity contribution in [2.45, 2.75) is 5.54 Å². The minimum absolute atomic E-state index is 0.00542. The second-order valence-corrected chi connectivity index (χ2v) is 4.28. The molecule has 3 N–H and O–H groups in total. The van der Waals surface area contributed by atoms with Gasteiger partial charge in [-0.05, 0) is 6.07 Å². The molecule has 0 spiro atoms. The predicted molar refractivity (Wildman–Crippen MR) is 60.6 cm³/mol. The van der Waals surface area contributed by atoms with Crippen LogP contribution in [-0.4, -0.2) is 36.1 Å². The summed E-state index contributed by atoms with van der Waals surface area (Å²) >= 11 is 0. The van der Waals surface area contributed by atoms with Gasteiger partial charge in [0, 0.05) is 11.5 Å². The van der Waals surface area contributed by atoms with Gasteiger partial charge in [-0.2, -0.15) is 0 Å². The number of benzene rings is 1. The van der Waals surface area contributed by atoms with E-state index in [1.807, 2.05) is 0 Å². The first-order valence-electron chi connectivity index (χ1n) is 5.55. The standard InChI is InChI=1S/C12H14FNO4/c13-10-4-2-1-3-9(10)12(14-11(16)17)7-18-6-8(12)5-15/h1-4,8,14-15H,5-7H2,(H,16,17)/t8-,12+/m1/s1. The number of aliphatic hydroxyl groups excluding tert-OH is 1. The van der Waals surface area contributed by atoms with Crippen molar-refractivity contribution in [1.29, 1.82) is 0 Å². The Kier molecular flexibility index (Phi) is 3.49. The highest BCUT2D eigenvalue weighted by molar-refractivity contribution is 5.66. The zero-order valence-electron chi connectivity index (χ0n) is 9.60. The Hall–Kier alpha value is -1.66. The molecule has 1 aromatic rings. The van der Waals surface area contributed by atoms with Gasteiger partial charge in [0.15, 0.2) is 0 Å². The predicted octanol–water partition coefficient (Wildman–Crippen LogP) is 0.927. The molecule has 18 heavy (non-hydrogen) atoms. The number of hydrogen-bond acceptors (Lipinski definition) is 3. The molecule has 1 aromatic carbocycles. The van der Waals surface area contributed by atoms with Crippen molar-refractivity contribution in [3.05, 3.63) is 35.6 Å². The molecule has 1 heterocycles. The van der Waals surface area contributed by atoms with E-state index in [2.05, 4.69) is 5.32 Å². The summed E-state index contributed by atoms with van der Waals surface area (Å²) in [6.07, 6.45) is -1.28. The van der Waals surface area contributed by atoms with Crippen LogP contribution in [0.3, 0.4) is 0 Å². The molecule has 0 unspecified atom stereocenters. The summed E-state index contributed by atoms with van der Waals surface area (Å²) in [7, 11) is 0. The number of carboxylic acid groups (broad SMARTS) is 1. The van der Waals surface area contributed by atoms with Gasteiger partial charge in [-0.25, -0.2) is 9.18 Å². The summed E-state index contributed by atoms with van der Waals surface area (Å²) in [5.41, 5.74) is -1.03. The lowest BCUT2D eigenvalue weighted by atomic mass is 9.80. The highest BCUT2D eigenvalue weighted by atomic mass is 19.1. The lowest BCUT2D eigenvalue weighted by Crippen LogP contribution is -2.52. The molecule has 0 saturated carbocycles. The molecule has 5 nitrogen and oxygen atoms in total. The van der Waals surface area contributed by atoms with Gasteiger partial charge < -0.3 is 20.3 Å². The van der Waals surface area contributed by atoms with Gasteiger partial charge in [0.05, 0.1) is 19.8 Å². The van der Waals surface area contributed by atoms with E-state index < -0.39 is 23.4 Å². The second-order valence-electron chi connectivity index (χ2n) is 4.28. The van der Waals surface area contributed by atoms with E-state index >= 15 is 0 Å². The van der Waals surface area contributed by atoms with E-state index in [9.17, 15) is 14.3 Å². The van der Waals surface area contributed by atoms with Crippen molar-refractivity contribution in [3.8, 4) is 0 Å². The number of nitrogens with one attached hydrogen (secondary N) is 1. The van der Waals surface area contributed by atoms with Crippen LogP contribution in [0.5, 0.6) is 0 Å². The fourth-order valence-electron chi connectivity index (χ4n) is 2.35. The summed E-state index contributed by atoms with van der Waals surface area (Å²) < 4.78 is 19.1. The van der Waals surface area contributed by atoms with Crippen molar-refractivity contribution in [2.75, 3.05) is 19.8 Å². The molecule has 2 atom stereocenters. The second kappa shape index (κ2) is 4.91. The molecular weight excluding hydrogens is 241 g/mol. The fourth-order valence-corrected chi connectivity index (χ4v) is 2.35. The molecule has 2 rings (SSSR count). The number of carbonyl (C=O) groups is 1. The molecule has 1 saturated heterocycles.